The fraction of sp³-hybridized carbons (Fsp3) is 0.429. The summed E-state index contributed by atoms with van der Waals surface area (Å²) in [5.74, 6) is 0. The highest BCUT2D eigenvalue weighted by Gasteiger charge is 2.25. The molecule has 3 heteroatoms. The van der Waals surface area contributed by atoms with E-state index in [1.807, 2.05) is 6.07 Å². The zero-order valence-corrected chi connectivity index (χ0v) is 11.1. The molecule has 0 radical (unpaired) electrons. The van der Waals surface area contributed by atoms with Gasteiger partial charge in [-0.2, -0.15) is 0 Å². The number of rotatable bonds is 7. The van der Waals surface area contributed by atoms with Crippen LogP contribution in [-0.4, -0.2) is 13.7 Å². The topological polar surface area (TPSA) is 34.1 Å². The summed E-state index contributed by atoms with van der Waals surface area (Å²) >= 11 is 0. The van der Waals surface area contributed by atoms with Crippen LogP contribution in [0.1, 0.15) is 32.6 Å². The third-order valence-electron chi connectivity index (χ3n) is 2.82. The van der Waals surface area contributed by atoms with Gasteiger partial charge in [0.05, 0.1) is 10.1 Å². The van der Waals surface area contributed by atoms with Gasteiger partial charge in [0.25, 0.3) is 0 Å². The standard InChI is InChI=1S/C14H20O2S/c1-3-5-10-13(9-4-2)17(15,16)14-11-7-6-8-12-14/h4,6-8,11-13H,2-3,5,9-10H2,1H3. The summed E-state index contributed by atoms with van der Waals surface area (Å²) in [6.07, 6.45) is 4.88. The first kappa shape index (κ1) is 14.0. The molecule has 1 atom stereocenters. The third-order valence-corrected chi connectivity index (χ3v) is 5.05. The first-order valence-corrected chi connectivity index (χ1v) is 7.57. The van der Waals surface area contributed by atoms with E-state index < -0.39 is 9.84 Å². The predicted octanol–water partition coefficient (Wildman–Crippen LogP) is 3.60. The average molecular weight is 252 g/mol. The van der Waals surface area contributed by atoms with Gasteiger partial charge in [0.1, 0.15) is 0 Å². The van der Waals surface area contributed by atoms with Crippen molar-refractivity contribution in [3.8, 4) is 0 Å². The monoisotopic (exact) mass is 252 g/mol. The SMILES string of the molecule is C=CCC(CCCC)S(=O)(=O)c1ccccc1. The first-order chi connectivity index (χ1) is 8.12. The zero-order chi connectivity index (χ0) is 12.7. The molecule has 0 aliphatic carbocycles. The van der Waals surface area contributed by atoms with Crippen LogP contribution in [0.4, 0.5) is 0 Å². The Morgan fingerprint density at radius 1 is 1.29 bits per heavy atom. The molecule has 0 amide bonds. The molecule has 2 nitrogen and oxygen atoms in total. The molecule has 0 N–H and O–H groups in total. The van der Waals surface area contributed by atoms with Crippen molar-refractivity contribution in [2.45, 2.75) is 42.8 Å². The second-order valence-corrected chi connectivity index (χ2v) is 6.37. The van der Waals surface area contributed by atoms with Crippen LogP contribution < -0.4 is 0 Å². The molecule has 0 bridgehead atoms. The minimum Gasteiger partial charge on any atom is -0.223 e. The number of benzene rings is 1. The molecule has 1 aromatic rings. The van der Waals surface area contributed by atoms with Crippen LogP contribution in [-0.2, 0) is 9.84 Å². The van der Waals surface area contributed by atoms with E-state index in [1.54, 1.807) is 30.3 Å². The second-order valence-electron chi connectivity index (χ2n) is 4.15. The molecule has 0 spiro atoms. The van der Waals surface area contributed by atoms with Crippen molar-refractivity contribution in [2.24, 2.45) is 0 Å². The second kappa shape index (κ2) is 6.60. The average Bonchev–Trinajstić information content (AvgIpc) is 2.35. The lowest BCUT2D eigenvalue weighted by molar-refractivity contribution is 0.563. The highest BCUT2D eigenvalue weighted by Crippen LogP contribution is 2.22. The summed E-state index contributed by atoms with van der Waals surface area (Å²) < 4.78 is 24.8. The summed E-state index contributed by atoms with van der Waals surface area (Å²) in [7, 11) is -3.21. The van der Waals surface area contributed by atoms with Crippen molar-refractivity contribution < 1.29 is 8.42 Å². The van der Waals surface area contributed by atoms with Crippen LogP contribution in [0.5, 0.6) is 0 Å². The Labute approximate surface area is 104 Å². The van der Waals surface area contributed by atoms with Gasteiger partial charge in [-0.05, 0) is 25.0 Å². The fourth-order valence-corrected chi connectivity index (χ4v) is 3.61. The van der Waals surface area contributed by atoms with Gasteiger partial charge in [-0.1, -0.05) is 44.0 Å². The number of hydrogen-bond acceptors (Lipinski definition) is 2. The maximum atomic E-state index is 12.4. The van der Waals surface area contributed by atoms with Crippen molar-refractivity contribution in [1.82, 2.24) is 0 Å². The molecule has 0 aliphatic heterocycles. The van der Waals surface area contributed by atoms with Crippen molar-refractivity contribution >= 4 is 9.84 Å². The van der Waals surface area contributed by atoms with Gasteiger partial charge in [-0.15, -0.1) is 6.58 Å². The summed E-state index contributed by atoms with van der Waals surface area (Å²) in [5.41, 5.74) is 0. The minimum absolute atomic E-state index is 0.331. The number of hydrogen-bond donors (Lipinski definition) is 0. The van der Waals surface area contributed by atoms with Gasteiger partial charge in [-0.3, -0.25) is 0 Å². The highest BCUT2D eigenvalue weighted by atomic mass is 32.2. The Bertz CT molecular complexity index is 435. The van der Waals surface area contributed by atoms with E-state index in [4.69, 9.17) is 0 Å². The first-order valence-electron chi connectivity index (χ1n) is 6.02. The zero-order valence-electron chi connectivity index (χ0n) is 10.3. The third kappa shape index (κ3) is 3.70. The van der Waals surface area contributed by atoms with Gasteiger partial charge in [0.2, 0.25) is 0 Å². The van der Waals surface area contributed by atoms with Gasteiger partial charge < -0.3 is 0 Å². The van der Waals surface area contributed by atoms with E-state index in [0.29, 0.717) is 17.7 Å². The van der Waals surface area contributed by atoms with E-state index in [-0.39, 0.29) is 5.25 Å². The largest absolute Gasteiger partial charge is 0.223 e. The van der Waals surface area contributed by atoms with E-state index in [1.165, 1.54) is 0 Å². The van der Waals surface area contributed by atoms with Crippen LogP contribution in [0.15, 0.2) is 47.9 Å². The fourth-order valence-electron chi connectivity index (χ4n) is 1.82. The number of allylic oxidation sites excluding steroid dienone is 1. The number of sulfone groups is 1. The van der Waals surface area contributed by atoms with Crippen LogP contribution in [0.3, 0.4) is 0 Å². The quantitative estimate of drug-likeness (QED) is 0.695. The lowest BCUT2D eigenvalue weighted by Gasteiger charge is -2.15. The predicted molar refractivity (Wildman–Crippen MR) is 71.8 cm³/mol. The molecule has 0 aliphatic rings. The van der Waals surface area contributed by atoms with Crippen molar-refractivity contribution in [2.75, 3.05) is 0 Å². The maximum absolute atomic E-state index is 12.4. The lowest BCUT2D eigenvalue weighted by atomic mass is 10.1. The van der Waals surface area contributed by atoms with Gasteiger partial charge in [-0.25, -0.2) is 8.42 Å². The van der Waals surface area contributed by atoms with Crippen LogP contribution in [0, 0.1) is 0 Å². The normalized spacial score (nSPS) is 13.2. The molecule has 94 valence electrons. The Balaban J connectivity index is 2.96. The van der Waals surface area contributed by atoms with Crippen LogP contribution >= 0.6 is 0 Å². The van der Waals surface area contributed by atoms with Crippen molar-refractivity contribution in [1.29, 1.82) is 0 Å². The minimum atomic E-state index is -3.21. The maximum Gasteiger partial charge on any atom is 0.181 e. The highest BCUT2D eigenvalue weighted by molar-refractivity contribution is 7.92. The molecular formula is C14H20O2S. The smallest absolute Gasteiger partial charge is 0.181 e. The summed E-state index contributed by atoms with van der Waals surface area (Å²) in [4.78, 5) is 0.419. The molecule has 0 saturated heterocycles. The molecule has 0 heterocycles. The molecule has 1 unspecified atom stereocenters. The molecular weight excluding hydrogens is 232 g/mol. The Kier molecular flexibility index (Phi) is 5.42. The lowest BCUT2D eigenvalue weighted by Crippen LogP contribution is -2.21. The van der Waals surface area contributed by atoms with E-state index in [2.05, 4.69) is 13.5 Å². The Morgan fingerprint density at radius 2 is 1.94 bits per heavy atom. The van der Waals surface area contributed by atoms with Crippen LogP contribution in [0.2, 0.25) is 0 Å². The Hall–Kier alpha value is -1.09. The summed E-state index contributed by atoms with van der Waals surface area (Å²) in [6.45, 7) is 5.72. The number of unbranched alkanes of at least 4 members (excludes halogenated alkanes) is 1. The van der Waals surface area contributed by atoms with E-state index >= 15 is 0 Å². The molecule has 1 aromatic carbocycles. The molecule has 0 saturated carbocycles. The Morgan fingerprint density at radius 3 is 2.47 bits per heavy atom. The van der Waals surface area contributed by atoms with Gasteiger partial charge >= 0.3 is 0 Å². The summed E-state index contributed by atoms with van der Waals surface area (Å²) in [6, 6.07) is 8.68. The van der Waals surface area contributed by atoms with Crippen molar-refractivity contribution in [3.63, 3.8) is 0 Å². The van der Waals surface area contributed by atoms with Gasteiger partial charge in [0.15, 0.2) is 9.84 Å². The summed E-state index contributed by atoms with van der Waals surface area (Å²) in [5, 5.41) is -0.331. The molecule has 0 aromatic heterocycles. The van der Waals surface area contributed by atoms with Gasteiger partial charge in [0, 0.05) is 0 Å². The van der Waals surface area contributed by atoms with E-state index in [9.17, 15) is 8.42 Å². The van der Waals surface area contributed by atoms with Crippen LogP contribution in [0.25, 0.3) is 0 Å². The molecule has 0 fully saturated rings. The molecule has 1 rings (SSSR count). The van der Waals surface area contributed by atoms with E-state index in [0.717, 1.165) is 12.8 Å². The molecule has 17 heavy (non-hydrogen) atoms. The van der Waals surface area contributed by atoms with Crippen molar-refractivity contribution in [3.05, 3.63) is 43.0 Å².